The lowest BCUT2D eigenvalue weighted by atomic mass is 10.3. The molecule has 0 aromatic carbocycles. The summed E-state index contributed by atoms with van der Waals surface area (Å²) in [5.74, 6) is 0.621. The van der Waals surface area contributed by atoms with Crippen LogP contribution in [0.4, 0.5) is 0 Å². The number of aromatic nitrogens is 3. The van der Waals surface area contributed by atoms with Crippen LogP contribution in [0.25, 0.3) is 10.9 Å². The highest BCUT2D eigenvalue weighted by molar-refractivity contribution is 5.78. The molecule has 2 heterocycles. The van der Waals surface area contributed by atoms with Crippen LogP contribution in [0.5, 0.6) is 5.88 Å². The number of nitrogens with zero attached hydrogens (tertiary/aromatic N) is 3. The zero-order chi connectivity index (χ0) is 8.55. The third kappa shape index (κ3) is 0.922. The van der Waals surface area contributed by atoms with Gasteiger partial charge in [0.2, 0.25) is 5.88 Å². The fourth-order valence-corrected chi connectivity index (χ4v) is 1.14. The van der Waals surface area contributed by atoms with Gasteiger partial charge >= 0.3 is 0 Å². The Balaban J connectivity index is 2.69. The average Bonchev–Trinajstić information content (AvgIpc) is 2.47. The van der Waals surface area contributed by atoms with Gasteiger partial charge in [-0.3, -0.25) is 4.68 Å². The normalized spacial score (nSPS) is 10.5. The van der Waals surface area contributed by atoms with Gasteiger partial charge in [0, 0.05) is 18.5 Å². The Morgan fingerprint density at radius 2 is 2.25 bits per heavy atom. The van der Waals surface area contributed by atoms with Crippen LogP contribution in [0.2, 0.25) is 0 Å². The van der Waals surface area contributed by atoms with Crippen molar-refractivity contribution in [3.63, 3.8) is 0 Å². The van der Waals surface area contributed by atoms with Gasteiger partial charge in [0.1, 0.15) is 0 Å². The van der Waals surface area contributed by atoms with E-state index < -0.39 is 0 Å². The van der Waals surface area contributed by atoms with E-state index in [0.29, 0.717) is 5.88 Å². The Bertz CT molecular complexity index is 408. The second-order valence-electron chi connectivity index (χ2n) is 2.55. The molecule has 4 heteroatoms. The van der Waals surface area contributed by atoms with Gasteiger partial charge in [-0.15, -0.1) is 0 Å². The van der Waals surface area contributed by atoms with Crippen molar-refractivity contribution in [3.8, 4) is 5.88 Å². The molecule has 0 bridgehead atoms. The minimum absolute atomic E-state index is 0.621. The number of rotatable bonds is 1. The standard InChI is InChI=1S/C8H9N3O/c1-11-7-5-9-8(12-2)3-6(7)4-10-11/h3-5H,1-2H3. The Labute approximate surface area is 69.8 Å². The molecule has 12 heavy (non-hydrogen) atoms. The first-order valence-electron chi connectivity index (χ1n) is 3.63. The van der Waals surface area contributed by atoms with Crippen molar-refractivity contribution in [3.05, 3.63) is 18.5 Å². The number of ether oxygens (including phenoxy) is 1. The van der Waals surface area contributed by atoms with E-state index in [4.69, 9.17) is 4.74 Å². The highest BCUT2D eigenvalue weighted by Gasteiger charge is 2.00. The van der Waals surface area contributed by atoms with Crippen molar-refractivity contribution < 1.29 is 4.74 Å². The number of fused-ring (bicyclic) bond motifs is 1. The van der Waals surface area contributed by atoms with Gasteiger partial charge in [0.25, 0.3) is 0 Å². The maximum atomic E-state index is 4.98. The van der Waals surface area contributed by atoms with Crippen molar-refractivity contribution >= 4 is 10.9 Å². The van der Waals surface area contributed by atoms with Crippen molar-refractivity contribution in [1.82, 2.24) is 14.8 Å². The minimum Gasteiger partial charge on any atom is -0.481 e. The monoisotopic (exact) mass is 163 g/mol. The van der Waals surface area contributed by atoms with Crippen LogP contribution >= 0.6 is 0 Å². The predicted octanol–water partition coefficient (Wildman–Crippen LogP) is 0.977. The van der Waals surface area contributed by atoms with Gasteiger partial charge in [-0.25, -0.2) is 4.98 Å². The molecule has 0 saturated heterocycles. The molecule has 0 radical (unpaired) electrons. The lowest BCUT2D eigenvalue weighted by molar-refractivity contribution is 0.398. The van der Waals surface area contributed by atoms with Crippen LogP contribution in [0, 0.1) is 0 Å². The third-order valence-corrected chi connectivity index (χ3v) is 1.82. The summed E-state index contributed by atoms with van der Waals surface area (Å²) in [6.07, 6.45) is 3.54. The molecule has 0 amide bonds. The van der Waals surface area contributed by atoms with E-state index in [0.717, 1.165) is 10.9 Å². The van der Waals surface area contributed by atoms with Crippen LogP contribution < -0.4 is 4.74 Å². The Hall–Kier alpha value is -1.58. The molecule has 0 aliphatic rings. The van der Waals surface area contributed by atoms with Crippen molar-refractivity contribution in [2.45, 2.75) is 0 Å². The zero-order valence-electron chi connectivity index (χ0n) is 6.98. The van der Waals surface area contributed by atoms with Gasteiger partial charge in [0.15, 0.2) is 0 Å². The van der Waals surface area contributed by atoms with Crippen molar-refractivity contribution in [2.24, 2.45) is 7.05 Å². The minimum atomic E-state index is 0.621. The molecular weight excluding hydrogens is 154 g/mol. The third-order valence-electron chi connectivity index (χ3n) is 1.82. The molecule has 0 unspecified atom stereocenters. The molecule has 4 nitrogen and oxygen atoms in total. The Morgan fingerprint density at radius 3 is 3.00 bits per heavy atom. The summed E-state index contributed by atoms with van der Waals surface area (Å²) < 4.78 is 6.76. The lowest BCUT2D eigenvalue weighted by Gasteiger charge is -1.97. The molecule has 0 fully saturated rings. The Morgan fingerprint density at radius 1 is 1.42 bits per heavy atom. The van der Waals surface area contributed by atoms with Crippen molar-refractivity contribution in [2.75, 3.05) is 7.11 Å². The fraction of sp³-hybridized carbons (Fsp3) is 0.250. The highest BCUT2D eigenvalue weighted by atomic mass is 16.5. The lowest BCUT2D eigenvalue weighted by Crippen LogP contribution is -1.90. The predicted molar refractivity (Wildman–Crippen MR) is 45.1 cm³/mol. The quantitative estimate of drug-likeness (QED) is 0.629. The SMILES string of the molecule is COc1cc2cnn(C)c2cn1. The van der Waals surface area contributed by atoms with Gasteiger partial charge in [0.05, 0.1) is 25.0 Å². The van der Waals surface area contributed by atoms with Gasteiger partial charge in [-0.05, 0) is 0 Å². The molecule has 0 atom stereocenters. The van der Waals surface area contributed by atoms with E-state index in [2.05, 4.69) is 10.1 Å². The largest absolute Gasteiger partial charge is 0.481 e. The number of hydrogen-bond acceptors (Lipinski definition) is 3. The second kappa shape index (κ2) is 2.48. The van der Waals surface area contributed by atoms with E-state index in [1.165, 1.54) is 0 Å². The zero-order valence-corrected chi connectivity index (χ0v) is 6.98. The molecule has 2 aromatic heterocycles. The summed E-state index contributed by atoms with van der Waals surface area (Å²) >= 11 is 0. The summed E-state index contributed by atoms with van der Waals surface area (Å²) in [7, 11) is 3.49. The van der Waals surface area contributed by atoms with Gasteiger partial charge in [-0.1, -0.05) is 0 Å². The summed E-state index contributed by atoms with van der Waals surface area (Å²) in [6.45, 7) is 0. The first kappa shape index (κ1) is 7.09. The maximum absolute atomic E-state index is 4.98. The molecule has 0 saturated carbocycles. The molecule has 62 valence electrons. The van der Waals surface area contributed by atoms with E-state index in [-0.39, 0.29) is 0 Å². The van der Waals surface area contributed by atoms with Crippen LogP contribution in [0.15, 0.2) is 18.5 Å². The number of methoxy groups -OCH3 is 1. The van der Waals surface area contributed by atoms with E-state index in [1.54, 1.807) is 24.2 Å². The molecule has 0 spiro atoms. The molecular formula is C8H9N3O. The van der Waals surface area contributed by atoms with Gasteiger partial charge < -0.3 is 4.74 Å². The second-order valence-corrected chi connectivity index (χ2v) is 2.55. The molecule has 0 aliphatic heterocycles. The molecule has 0 N–H and O–H groups in total. The van der Waals surface area contributed by atoms with Crippen LogP contribution in [-0.2, 0) is 7.05 Å². The maximum Gasteiger partial charge on any atom is 0.213 e. The van der Waals surface area contributed by atoms with E-state index in [1.807, 2.05) is 13.1 Å². The summed E-state index contributed by atoms with van der Waals surface area (Å²) in [6, 6.07) is 1.86. The van der Waals surface area contributed by atoms with Gasteiger partial charge in [-0.2, -0.15) is 5.10 Å². The van der Waals surface area contributed by atoms with E-state index in [9.17, 15) is 0 Å². The number of pyridine rings is 1. The Kier molecular flexibility index (Phi) is 1.46. The van der Waals surface area contributed by atoms with Crippen LogP contribution in [-0.4, -0.2) is 21.9 Å². The number of aryl methyl sites for hydroxylation is 1. The highest BCUT2D eigenvalue weighted by Crippen LogP contribution is 2.15. The smallest absolute Gasteiger partial charge is 0.213 e. The summed E-state index contributed by atoms with van der Waals surface area (Å²) in [5.41, 5.74) is 1.01. The summed E-state index contributed by atoms with van der Waals surface area (Å²) in [4.78, 5) is 4.08. The number of hydrogen-bond donors (Lipinski definition) is 0. The molecule has 0 aliphatic carbocycles. The fourth-order valence-electron chi connectivity index (χ4n) is 1.14. The first-order valence-corrected chi connectivity index (χ1v) is 3.63. The molecule has 2 aromatic rings. The van der Waals surface area contributed by atoms with Crippen molar-refractivity contribution in [1.29, 1.82) is 0 Å². The molecule has 2 rings (SSSR count). The first-order chi connectivity index (χ1) is 5.81. The van der Waals surface area contributed by atoms with Crippen LogP contribution in [0.3, 0.4) is 0 Å². The average molecular weight is 163 g/mol. The topological polar surface area (TPSA) is 39.9 Å². The van der Waals surface area contributed by atoms with E-state index >= 15 is 0 Å². The summed E-state index contributed by atoms with van der Waals surface area (Å²) in [5, 5.41) is 5.14. The van der Waals surface area contributed by atoms with Crippen LogP contribution in [0.1, 0.15) is 0 Å².